The molecular formula is C24H33NO5. The minimum atomic E-state index is -0.576. The lowest BCUT2D eigenvalue weighted by Gasteiger charge is -2.21. The predicted octanol–water partition coefficient (Wildman–Crippen LogP) is 4.48. The number of nitrogens with one attached hydrogen (secondary N) is 1. The summed E-state index contributed by atoms with van der Waals surface area (Å²) in [6.45, 7) is 8.72. The van der Waals surface area contributed by atoms with Gasteiger partial charge in [-0.1, -0.05) is 39.8 Å². The third-order valence-corrected chi connectivity index (χ3v) is 4.85. The molecule has 1 N–H and O–H groups in total. The molecule has 0 aliphatic carbocycles. The van der Waals surface area contributed by atoms with Crippen molar-refractivity contribution in [3.05, 3.63) is 47.5 Å². The van der Waals surface area contributed by atoms with Gasteiger partial charge in [0, 0.05) is 6.54 Å². The van der Waals surface area contributed by atoms with Gasteiger partial charge in [-0.3, -0.25) is 4.79 Å². The summed E-state index contributed by atoms with van der Waals surface area (Å²) < 4.78 is 22.0. The Morgan fingerprint density at radius 3 is 1.97 bits per heavy atom. The maximum Gasteiger partial charge on any atom is 0.261 e. The minimum absolute atomic E-state index is 0.0700. The molecule has 0 heterocycles. The number of rotatable bonds is 9. The van der Waals surface area contributed by atoms with Crippen molar-refractivity contribution < 1.29 is 23.7 Å². The Hall–Kier alpha value is -2.89. The lowest BCUT2D eigenvalue weighted by Crippen LogP contribution is -2.37. The molecule has 6 nitrogen and oxygen atoms in total. The summed E-state index contributed by atoms with van der Waals surface area (Å²) in [7, 11) is 4.68. The van der Waals surface area contributed by atoms with Crippen LogP contribution in [0.2, 0.25) is 0 Å². The maximum atomic E-state index is 12.7. The largest absolute Gasteiger partial charge is 0.493 e. The molecule has 0 unspecified atom stereocenters. The number of benzene rings is 2. The van der Waals surface area contributed by atoms with Crippen molar-refractivity contribution in [2.24, 2.45) is 0 Å². The van der Waals surface area contributed by atoms with Crippen molar-refractivity contribution >= 4 is 5.91 Å². The number of ether oxygens (including phenoxy) is 4. The Morgan fingerprint density at radius 2 is 1.53 bits per heavy atom. The van der Waals surface area contributed by atoms with E-state index in [2.05, 4.69) is 26.1 Å². The van der Waals surface area contributed by atoms with Gasteiger partial charge < -0.3 is 24.3 Å². The molecule has 6 heteroatoms. The Bertz CT molecular complexity index is 815. The highest BCUT2D eigenvalue weighted by Crippen LogP contribution is 2.38. The van der Waals surface area contributed by atoms with E-state index in [1.54, 1.807) is 21.3 Å². The Labute approximate surface area is 179 Å². The van der Waals surface area contributed by atoms with Crippen LogP contribution in [-0.2, 0) is 16.8 Å². The van der Waals surface area contributed by atoms with E-state index in [4.69, 9.17) is 18.9 Å². The van der Waals surface area contributed by atoms with Crippen LogP contribution in [0.4, 0.5) is 0 Å². The van der Waals surface area contributed by atoms with Gasteiger partial charge in [0.25, 0.3) is 5.91 Å². The van der Waals surface area contributed by atoms with E-state index in [0.717, 1.165) is 5.56 Å². The summed E-state index contributed by atoms with van der Waals surface area (Å²) in [5.41, 5.74) is 2.12. The van der Waals surface area contributed by atoms with Gasteiger partial charge in [-0.05, 0) is 47.2 Å². The van der Waals surface area contributed by atoms with E-state index in [1.165, 1.54) is 5.56 Å². The quantitative estimate of drug-likeness (QED) is 0.654. The van der Waals surface area contributed by atoms with Crippen LogP contribution >= 0.6 is 0 Å². The summed E-state index contributed by atoms with van der Waals surface area (Å²) in [6, 6.07) is 11.5. The van der Waals surface area contributed by atoms with Crippen molar-refractivity contribution in [1.29, 1.82) is 0 Å². The zero-order valence-corrected chi connectivity index (χ0v) is 19.0. The lowest BCUT2D eigenvalue weighted by molar-refractivity contribution is -0.128. The van der Waals surface area contributed by atoms with E-state index < -0.39 is 6.10 Å². The summed E-state index contributed by atoms with van der Waals surface area (Å²) >= 11 is 0. The third-order valence-electron chi connectivity index (χ3n) is 4.85. The fourth-order valence-corrected chi connectivity index (χ4v) is 3.06. The number of hydrogen-bond acceptors (Lipinski definition) is 5. The second-order valence-electron chi connectivity index (χ2n) is 8.04. The van der Waals surface area contributed by atoms with Crippen LogP contribution < -0.4 is 24.3 Å². The van der Waals surface area contributed by atoms with Crippen molar-refractivity contribution in [2.45, 2.75) is 52.2 Å². The lowest BCUT2D eigenvalue weighted by atomic mass is 9.87. The number of methoxy groups -OCH3 is 3. The topological polar surface area (TPSA) is 66.0 Å². The molecule has 0 saturated heterocycles. The SMILES string of the molecule is CC[C@@H](Oc1ccc(C(C)(C)C)cc1)C(=O)NCc1cc(OC)c(OC)c(OC)c1. The highest BCUT2D eigenvalue weighted by Gasteiger charge is 2.20. The standard InChI is InChI=1S/C24H33NO5/c1-8-19(30-18-11-9-17(10-12-18)24(2,3)4)23(26)25-15-16-13-20(27-5)22(29-7)21(14-16)28-6/h9-14,19H,8,15H2,1-7H3,(H,25,26)/t19-/m1/s1. The molecule has 0 radical (unpaired) electrons. The predicted molar refractivity (Wildman–Crippen MR) is 118 cm³/mol. The molecule has 1 amide bonds. The molecule has 164 valence electrons. The molecule has 2 aromatic carbocycles. The fourth-order valence-electron chi connectivity index (χ4n) is 3.06. The highest BCUT2D eigenvalue weighted by atomic mass is 16.5. The first kappa shape index (κ1) is 23.4. The van der Waals surface area contributed by atoms with Crippen LogP contribution in [0, 0.1) is 0 Å². The monoisotopic (exact) mass is 415 g/mol. The Balaban J connectivity index is 2.05. The van der Waals surface area contributed by atoms with Crippen molar-refractivity contribution in [2.75, 3.05) is 21.3 Å². The Morgan fingerprint density at radius 1 is 0.967 bits per heavy atom. The van der Waals surface area contributed by atoms with Crippen molar-refractivity contribution in [3.63, 3.8) is 0 Å². The van der Waals surface area contributed by atoms with Crippen molar-refractivity contribution in [3.8, 4) is 23.0 Å². The average Bonchev–Trinajstić information content (AvgIpc) is 2.74. The van der Waals surface area contributed by atoms with Gasteiger partial charge in [0.1, 0.15) is 5.75 Å². The van der Waals surface area contributed by atoms with E-state index in [0.29, 0.717) is 36.0 Å². The van der Waals surface area contributed by atoms with Gasteiger partial charge in [0.2, 0.25) is 5.75 Å². The molecule has 0 aromatic heterocycles. The molecule has 2 aromatic rings. The molecule has 0 aliphatic rings. The second kappa shape index (κ2) is 10.2. The van der Waals surface area contributed by atoms with E-state index >= 15 is 0 Å². The molecule has 1 atom stereocenters. The normalized spacial score (nSPS) is 12.1. The first-order chi connectivity index (χ1) is 14.2. The number of hydrogen-bond donors (Lipinski definition) is 1. The zero-order chi connectivity index (χ0) is 22.3. The van der Waals surface area contributed by atoms with Crippen molar-refractivity contribution in [1.82, 2.24) is 5.32 Å². The van der Waals surface area contributed by atoms with Crippen LogP contribution in [-0.4, -0.2) is 33.3 Å². The zero-order valence-electron chi connectivity index (χ0n) is 19.0. The van der Waals surface area contributed by atoms with E-state index in [1.807, 2.05) is 43.3 Å². The smallest absolute Gasteiger partial charge is 0.261 e. The summed E-state index contributed by atoms with van der Waals surface area (Å²) in [6.07, 6.45) is -0.0187. The Kier molecular flexibility index (Phi) is 7.98. The van der Waals surface area contributed by atoms with Crippen LogP contribution in [0.1, 0.15) is 45.2 Å². The molecule has 0 fully saturated rings. The molecule has 0 spiro atoms. The van der Waals surface area contributed by atoms with Crippen LogP contribution in [0.15, 0.2) is 36.4 Å². The second-order valence-corrected chi connectivity index (χ2v) is 8.04. The van der Waals surface area contributed by atoms with Crippen LogP contribution in [0.3, 0.4) is 0 Å². The minimum Gasteiger partial charge on any atom is -0.493 e. The number of carbonyl (C=O) groups excluding carboxylic acids is 1. The van der Waals surface area contributed by atoms with Gasteiger partial charge in [0.05, 0.1) is 21.3 Å². The molecule has 0 saturated carbocycles. The summed E-state index contributed by atoms with van der Waals surface area (Å²) in [5.74, 6) is 2.11. The fraction of sp³-hybridized carbons (Fsp3) is 0.458. The molecule has 30 heavy (non-hydrogen) atoms. The van der Waals surface area contributed by atoms with Gasteiger partial charge in [-0.15, -0.1) is 0 Å². The highest BCUT2D eigenvalue weighted by molar-refractivity contribution is 5.81. The van der Waals surface area contributed by atoms with E-state index in [9.17, 15) is 4.79 Å². The van der Waals surface area contributed by atoms with Gasteiger partial charge in [-0.2, -0.15) is 0 Å². The van der Waals surface area contributed by atoms with Crippen LogP contribution in [0.5, 0.6) is 23.0 Å². The first-order valence-electron chi connectivity index (χ1n) is 10.1. The van der Waals surface area contributed by atoms with Gasteiger partial charge in [-0.25, -0.2) is 0 Å². The maximum absolute atomic E-state index is 12.7. The summed E-state index contributed by atoms with van der Waals surface area (Å²) in [5, 5.41) is 2.93. The van der Waals surface area contributed by atoms with Gasteiger partial charge >= 0.3 is 0 Å². The molecule has 0 bridgehead atoms. The molecule has 0 aliphatic heterocycles. The third kappa shape index (κ3) is 5.81. The number of carbonyl (C=O) groups is 1. The number of amides is 1. The molecular weight excluding hydrogens is 382 g/mol. The van der Waals surface area contributed by atoms with Crippen LogP contribution in [0.25, 0.3) is 0 Å². The van der Waals surface area contributed by atoms with E-state index in [-0.39, 0.29) is 11.3 Å². The molecule has 2 rings (SSSR count). The average molecular weight is 416 g/mol. The van der Waals surface area contributed by atoms with Gasteiger partial charge in [0.15, 0.2) is 17.6 Å². The first-order valence-corrected chi connectivity index (χ1v) is 10.1. The summed E-state index contributed by atoms with van der Waals surface area (Å²) in [4.78, 5) is 12.7.